The van der Waals surface area contributed by atoms with Gasteiger partial charge < -0.3 is 4.74 Å². The van der Waals surface area contributed by atoms with Gasteiger partial charge in [-0.2, -0.15) is 0 Å². The van der Waals surface area contributed by atoms with E-state index in [1.807, 2.05) is 32.3 Å². The summed E-state index contributed by atoms with van der Waals surface area (Å²) in [5.74, 6) is 0.899. The van der Waals surface area contributed by atoms with E-state index in [4.69, 9.17) is 4.74 Å². The molecule has 0 aliphatic carbocycles. The number of hydrogen-bond donors (Lipinski definition) is 0. The van der Waals surface area contributed by atoms with Gasteiger partial charge in [0.1, 0.15) is 18.1 Å². The summed E-state index contributed by atoms with van der Waals surface area (Å²) in [6, 6.07) is 6.13. The smallest absolute Gasteiger partial charge is 0.134 e. The maximum absolute atomic E-state index is 5.68. The number of nitrogens with zero attached hydrogens (tertiary/aromatic N) is 3. The van der Waals surface area contributed by atoms with Crippen LogP contribution < -0.4 is 4.74 Å². The fraction of sp³-hybridized carbons (Fsp3) is 0.333. The molecule has 1 aromatic heterocycles. The highest BCUT2D eigenvalue weighted by Gasteiger charge is 2.02. The van der Waals surface area contributed by atoms with E-state index < -0.39 is 0 Å². The number of benzene rings is 1. The molecule has 0 spiro atoms. The summed E-state index contributed by atoms with van der Waals surface area (Å²) in [7, 11) is 1.84. The van der Waals surface area contributed by atoms with E-state index in [9.17, 15) is 0 Å². The summed E-state index contributed by atoms with van der Waals surface area (Å²) in [5, 5.41) is 7.82. The van der Waals surface area contributed by atoms with Crippen molar-refractivity contribution in [3.8, 4) is 5.75 Å². The molecule has 16 heavy (non-hydrogen) atoms. The quantitative estimate of drug-likeness (QED) is 0.789. The molecule has 2 rings (SSSR count). The maximum atomic E-state index is 5.68. The van der Waals surface area contributed by atoms with Gasteiger partial charge >= 0.3 is 0 Å². The van der Waals surface area contributed by atoms with Crippen LogP contribution in [0, 0.1) is 13.8 Å². The Morgan fingerprint density at radius 1 is 1.31 bits per heavy atom. The Labute approximate surface area is 94.9 Å². The van der Waals surface area contributed by atoms with Crippen LogP contribution in [0.5, 0.6) is 5.75 Å². The summed E-state index contributed by atoms with van der Waals surface area (Å²) < 4.78 is 7.34. The standard InChI is InChI=1S/C12H15N3O/c1-9-4-5-12(10(2)6-9)16-8-11-7-15(3)14-13-11/h4-7H,8H2,1-3H3. The van der Waals surface area contributed by atoms with Gasteiger partial charge in [0.25, 0.3) is 0 Å². The lowest BCUT2D eigenvalue weighted by molar-refractivity contribution is 0.299. The van der Waals surface area contributed by atoms with E-state index in [2.05, 4.69) is 23.3 Å². The number of aromatic nitrogens is 3. The predicted octanol–water partition coefficient (Wildman–Crippen LogP) is 2.01. The molecule has 0 aliphatic rings. The van der Waals surface area contributed by atoms with E-state index in [0.717, 1.165) is 17.0 Å². The zero-order valence-electron chi connectivity index (χ0n) is 9.77. The molecule has 0 atom stereocenters. The molecule has 0 bridgehead atoms. The Kier molecular flexibility index (Phi) is 2.90. The van der Waals surface area contributed by atoms with Gasteiger partial charge in [0, 0.05) is 7.05 Å². The zero-order valence-corrected chi connectivity index (χ0v) is 9.77. The molecular formula is C12H15N3O. The van der Waals surface area contributed by atoms with Crippen molar-refractivity contribution in [2.75, 3.05) is 0 Å². The average Bonchev–Trinajstić information content (AvgIpc) is 2.63. The van der Waals surface area contributed by atoms with Crippen molar-refractivity contribution < 1.29 is 4.74 Å². The second-order valence-corrected chi connectivity index (χ2v) is 3.94. The number of hydrogen-bond acceptors (Lipinski definition) is 3. The minimum absolute atomic E-state index is 0.456. The van der Waals surface area contributed by atoms with Gasteiger partial charge in [-0.15, -0.1) is 5.10 Å². The lowest BCUT2D eigenvalue weighted by Crippen LogP contribution is -1.97. The van der Waals surface area contributed by atoms with Gasteiger partial charge in [0.15, 0.2) is 0 Å². The molecule has 0 unspecified atom stereocenters. The second-order valence-electron chi connectivity index (χ2n) is 3.94. The highest BCUT2D eigenvalue weighted by molar-refractivity contribution is 5.35. The van der Waals surface area contributed by atoms with E-state index >= 15 is 0 Å². The van der Waals surface area contributed by atoms with Crippen LogP contribution >= 0.6 is 0 Å². The molecule has 0 N–H and O–H groups in total. The number of ether oxygens (including phenoxy) is 1. The molecule has 0 saturated heterocycles. The number of rotatable bonds is 3. The Morgan fingerprint density at radius 3 is 2.75 bits per heavy atom. The van der Waals surface area contributed by atoms with Crippen LogP contribution in [0.1, 0.15) is 16.8 Å². The molecule has 0 aliphatic heterocycles. The van der Waals surface area contributed by atoms with Crippen molar-refractivity contribution >= 4 is 0 Å². The third-order valence-corrected chi connectivity index (χ3v) is 2.36. The Morgan fingerprint density at radius 2 is 2.12 bits per heavy atom. The highest BCUT2D eigenvalue weighted by Crippen LogP contribution is 2.19. The topological polar surface area (TPSA) is 39.9 Å². The zero-order chi connectivity index (χ0) is 11.5. The van der Waals surface area contributed by atoms with Crippen LogP contribution in [-0.4, -0.2) is 15.0 Å². The number of aryl methyl sites for hydroxylation is 3. The summed E-state index contributed by atoms with van der Waals surface area (Å²) in [6.07, 6.45) is 1.85. The first-order valence-corrected chi connectivity index (χ1v) is 5.20. The molecule has 0 fully saturated rings. The normalized spacial score (nSPS) is 10.4. The second kappa shape index (κ2) is 4.35. The van der Waals surface area contributed by atoms with Crippen LogP contribution in [0.15, 0.2) is 24.4 Å². The summed E-state index contributed by atoms with van der Waals surface area (Å²) in [5.41, 5.74) is 3.22. The van der Waals surface area contributed by atoms with Crippen LogP contribution in [0.3, 0.4) is 0 Å². The summed E-state index contributed by atoms with van der Waals surface area (Å²) in [4.78, 5) is 0. The molecule has 84 valence electrons. The van der Waals surface area contributed by atoms with Gasteiger partial charge in [-0.3, -0.25) is 4.68 Å². The van der Waals surface area contributed by atoms with Crippen molar-refractivity contribution in [1.29, 1.82) is 0 Å². The van der Waals surface area contributed by atoms with E-state index in [-0.39, 0.29) is 0 Å². The first-order valence-electron chi connectivity index (χ1n) is 5.20. The largest absolute Gasteiger partial charge is 0.487 e. The molecule has 2 aromatic rings. The molecular weight excluding hydrogens is 202 g/mol. The third-order valence-electron chi connectivity index (χ3n) is 2.36. The maximum Gasteiger partial charge on any atom is 0.134 e. The molecule has 4 heteroatoms. The molecule has 0 amide bonds. The molecule has 0 radical (unpaired) electrons. The Balaban J connectivity index is 2.04. The molecule has 0 saturated carbocycles. The van der Waals surface area contributed by atoms with Gasteiger partial charge in [-0.05, 0) is 25.5 Å². The molecule has 1 heterocycles. The predicted molar refractivity (Wildman–Crippen MR) is 61.3 cm³/mol. The van der Waals surface area contributed by atoms with Gasteiger partial charge in [-0.25, -0.2) is 0 Å². The first kappa shape index (κ1) is 10.7. The van der Waals surface area contributed by atoms with E-state index in [1.54, 1.807) is 4.68 Å². The average molecular weight is 217 g/mol. The molecule has 1 aromatic carbocycles. The van der Waals surface area contributed by atoms with Crippen molar-refractivity contribution in [3.63, 3.8) is 0 Å². The fourth-order valence-electron chi connectivity index (χ4n) is 1.57. The van der Waals surface area contributed by atoms with Crippen LogP contribution in [-0.2, 0) is 13.7 Å². The minimum atomic E-state index is 0.456. The van der Waals surface area contributed by atoms with Gasteiger partial charge in [-0.1, -0.05) is 22.9 Å². The highest BCUT2D eigenvalue weighted by atomic mass is 16.5. The van der Waals surface area contributed by atoms with Crippen molar-refractivity contribution in [2.45, 2.75) is 20.5 Å². The monoisotopic (exact) mass is 217 g/mol. The van der Waals surface area contributed by atoms with Crippen molar-refractivity contribution in [1.82, 2.24) is 15.0 Å². The van der Waals surface area contributed by atoms with Crippen LogP contribution in [0.2, 0.25) is 0 Å². The van der Waals surface area contributed by atoms with Crippen LogP contribution in [0.25, 0.3) is 0 Å². The SMILES string of the molecule is Cc1ccc(OCc2cn(C)nn2)c(C)c1. The lowest BCUT2D eigenvalue weighted by atomic mass is 10.1. The van der Waals surface area contributed by atoms with E-state index in [0.29, 0.717) is 6.61 Å². The van der Waals surface area contributed by atoms with Gasteiger partial charge in [0.05, 0.1) is 6.20 Å². The van der Waals surface area contributed by atoms with Crippen LogP contribution in [0.4, 0.5) is 0 Å². The first-order chi connectivity index (χ1) is 7.65. The van der Waals surface area contributed by atoms with Crippen molar-refractivity contribution in [3.05, 3.63) is 41.2 Å². The Bertz CT molecular complexity index is 491. The van der Waals surface area contributed by atoms with Gasteiger partial charge in [0.2, 0.25) is 0 Å². The molecule has 4 nitrogen and oxygen atoms in total. The summed E-state index contributed by atoms with van der Waals surface area (Å²) >= 11 is 0. The fourth-order valence-corrected chi connectivity index (χ4v) is 1.57. The third kappa shape index (κ3) is 2.39. The van der Waals surface area contributed by atoms with Crippen molar-refractivity contribution in [2.24, 2.45) is 7.05 Å². The minimum Gasteiger partial charge on any atom is -0.487 e. The lowest BCUT2D eigenvalue weighted by Gasteiger charge is -2.07. The summed E-state index contributed by atoms with van der Waals surface area (Å²) in [6.45, 7) is 4.57. The van der Waals surface area contributed by atoms with E-state index in [1.165, 1.54) is 5.56 Å². The Hall–Kier alpha value is -1.84.